The number of carbonyl (C=O) groups excluding carboxylic acids is 1. The van der Waals surface area contributed by atoms with Gasteiger partial charge in [-0.1, -0.05) is 29.4 Å². The molecule has 0 saturated carbocycles. The molecule has 0 aliphatic carbocycles. The monoisotopic (exact) mass is 423 g/mol. The summed E-state index contributed by atoms with van der Waals surface area (Å²) in [6, 6.07) is 15.5. The normalized spacial score (nSPS) is 11.0. The van der Waals surface area contributed by atoms with Crippen molar-refractivity contribution in [1.29, 1.82) is 0 Å². The quantitative estimate of drug-likeness (QED) is 0.357. The van der Waals surface area contributed by atoms with E-state index in [1.54, 1.807) is 11.3 Å². The third-order valence-electron chi connectivity index (χ3n) is 4.36. The minimum Gasteiger partial charge on any atom is -0.493 e. The van der Waals surface area contributed by atoms with E-state index >= 15 is 0 Å². The Morgan fingerprint density at radius 1 is 1.10 bits per heavy atom. The van der Waals surface area contributed by atoms with Gasteiger partial charge in [0.25, 0.3) is 5.89 Å². The van der Waals surface area contributed by atoms with Gasteiger partial charge in [-0.25, -0.2) is 4.98 Å². The van der Waals surface area contributed by atoms with Crippen molar-refractivity contribution in [3.8, 4) is 17.1 Å². The van der Waals surface area contributed by atoms with Gasteiger partial charge >= 0.3 is 5.97 Å². The molecule has 2 aromatic heterocycles. The highest BCUT2D eigenvalue weighted by molar-refractivity contribution is 7.18. The third-order valence-corrected chi connectivity index (χ3v) is 5.46. The largest absolute Gasteiger partial charge is 0.493 e. The Morgan fingerprint density at radius 2 is 1.93 bits per heavy atom. The van der Waals surface area contributed by atoms with E-state index in [-0.39, 0.29) is 18.5 Å². The van der Waals surface area contributed by atoms with E-state index in [2.05, 4.69) is 21.2 Å². The Hall–Kier alpha value is -3.26. The van der Waals surface area contributed by atoms with Crippen LogP contribution in [-0.4, -0.2) is 27.7 Å². The second-order valence-corrected chi connectivity index (χ2v) is 7.65. The summed E-state index contributed by atoms with van der Waals surface area (Å²) >= 11 is 1.66. The van der Waals surface area contributed by atoms with Crippen LogP contribution in [0.25, 0.3) is 21.6 Å². The van der Waals surface area contributed by atoms with Crippen LogP contribution in [0.1, 0.15) is 30.7 Å². The van der Waals surface area contributed by atoms with Gasteiger partial charge in [-0.05, 0) is 44.0 Å². The van der Waals surface area contributed by atoms with Crippen LogP contribution in [0.5, 0.6) is 5.75 Å². The molecule has 2 heterocycles. The van der Waals surface area contributed by atoms with Gasteiger partial charge in [-0.2, -0.15) is 4.98 Å². The summed E-state index contributed by atoms with van der Waals surface area (Å²) in [4.78, 5) is 20.9. The summed E-state index contributed by atoms with van der Waals surface area (Å²) in [7, 11) is 0. The maximum Gasteiger partial charge on any atom is 0.306 e. The van der Waals surface area contributed by atoms with E-state index in [4.69, 9.17) is 14.0 Å². The first kappa shape index (κ1) is 20.0. The van der Waals surface area contributed by atoms with Crippen molar-refractivity contribution in [2.75, 3.05) is 6.61 Å². The minimum absolute atomic E-state index is 0.0518. The standard InChI is InChI=1S/C22H21N3O4S/c1-2-27-17-10-5-3-8-15(17)22-24-19(29-25-22)14-28-21(26)13-7-12-20-23-16-9-4-6-11-18(16)30-20/h3-6,8-11H,2,7,12-14H2,1H3. The lowest BCUT2D eigenvalue weighted by molar-refractivity contribution is -0.145. The maximum absolute atomic E-state index is 12.0. The van der Waals surface area contributed by atoms with Gasteiger partial charge < -0.3 is 14.0 Å². The Kier molecular flexibility index (Phi) is 6.34. The summed E-state index contributed by atoms with van der Waals surface area (Å²) in [6.45, 7) is 2.40. The predicted molar refractivity (Wildman–Crippen MR) is 113 cm³/mol. The zero-order chi connectivity index (χ0) is 20.8. The highest BCUT2D eigenvalue weighted by Crippen LogP contribution is 2.27. The number of carbonyl (C=O) groups is 1. The Balaban J connectivity index is 1.26. The molecule has 0 atom stereocenters. The first-order valence-corrected chi connectivity index (χ1v) is 10.6. The van der Waals surface area contributed by atoms with Gasteiger partial charge in [0.05, 0.1) is 27.4 Å². The van der Waals surface area contributed by atoms with E-state index < -0.39 is 0 Å². The molecule has 0 amide bonds. The molecule has 8 heteroatoms. The van der Waals surface area contributed by atoms with Crippen LogP contribution in [0.3, 0.4) is 0 Å². The second-order valence-electron chi connectivity index (χ2n) is 6.53. The average molecular weight is 423 g/mol. The summed E-state index contributed by atoms with van der Waals surface area (Å²) in [5.41, 5.74) is 1.73. The molecule has 4 aromatic rings. The number of hydrogen-bond donors (Lipinski definition) is 0. The molecule has 0 radical (unpaired) electrons. The van der Waals surface area contributed by atoms with E-state index in [1.807, 2.05) is 49.4 Å². The number of thiazole rings is 1. The highest BCUT2D eigenvalue weighted by atomic mass is 32.1. The van der Waals surface area contributed by atoms with Crippen LogP contribution in [-0.2, 0) is 22.6 Å². The van der Waals surface area contributed by atoms with Gasteiger partial charge in [-0.3, -0.25) is 4.79 Å². The Labute approximate surface area is 177 Å². The summed E-state index contributed by atoms with van der Waals surface area (Å²) in [6.07, 6.45) is 1.73. The highest BCUT2D eigenvalue weighted by Gasteiger charge is 2.14. The van der Waals surface area contributed by atoms with Crippen LogP contribution in [0.15, 0.2) is 53.1 Å². The molecule has 0 aliphatic rings. The number of ether oxygens (including phenoxy) is 2. The number of rotatable bonds is 9. The van der Waals surface area contributed by atoms with Gasteiger partial charge in [-0.15, -0.1) is 11.3 Å². The fourth-order valence-electron chi connectivity index (χ4n) is 2.98. The molecule has 2 aromatic carbocycles. The lowest BCUT2D eigenvalue weighted by atomic mass is 10.2. The molecule has 0 spiro atoms. The van der Waals surface area contributed by atoms with E-state index in [9.17, 15) is 4.79 Å². The molecular formula is C22H21N3O4S. The van der Waals surface area contributed by atoms with Crippen LogP contribution in [0, 0.1) is 0 Å². The summed E-state index contributed by atoms with van der Waals surface area (Å²) < 4.78 is 17.2. The number of aromatic nitrogens is 3. The van der Waals surface area contributed by atoms with Crippen molar-refractivity contribution in [3.63, 3.8) is 0 Å². The number of hydrogen-bond acceptors (Lipinski definition) is 8. The van der Waals surface area contributed by atoms with Gasteiger partial charge in [0.15, 0.2) is 6.61 Å². The van der Waals surface area contributed by atoms with Crippen molar-refractivity contribution < 1.29 is 18.8 Å². The minimum atomic E-state index is -0.300. The molecule has 0 saturated heterocycles. The molecule has 7 nitrogen and oxygen atoms in total. The number of para-hydroxylation sites is 2. The SMILES string of the molecule is CCOc1ccccc1-c1noc(COC(=O)CCCc2nc3ccccc3s2)n1. The van der Waals surface area contributed by atoms with Crippen LogP contribution >= 0.6 is 11.3 Å². The van der Waals surface area contributed by atoms with Crippen molar-refractivity contribution >= 4 is 27.5 Å². The maximum atomic E-state index is 12.0. The van der Waals surface area contributed by atoms with Crippen molar-refractivity contribution in [3.05, 3.63) is 59.4 Å². The van der Waals surface area contributed by atoms with Crippen LogP contribution in [0.2, 0.25) is 0 Å². The number of benzene rings is 2. The van der Waals surface area contributed by atoms with Gasteiger partial charge in [0.2, 0.25) is 5.82 Å². The topological polar surface area (TPSA) is 87.3 Å². The molecule has 154 valence electrons. The third kappa shape index (κ3) is 4.83. The molecule has 0 unspecified atom stereocenters. The molecule has 0 bridgehead atoms. The molecule has 30 heavy (non-hydrogen) atoms. The average Bonchev–Trinajstić information content (AvgIpc) is 3.39. The lowest BCUT2D eigenvalue weighted by Gasteiger charge is -2.06. The summed E-state index contributed by atoms with van der Waals surface area (Å²) in [5, 5.41) is 4.99. The van der Waals surface area contributed by atoms with Crippen molar-refractivity contribution in [2.24, 2.45) is 0 Å². The number of nitrogens with zero attached hydrogens (tertiary/aromatic N) is 3. The fraction of sp³-hybridized carbons (Fsp3) is 0.273. The van der Waals surface area contributed by atoms with Crippen LogP contribution < -0.4 is 4.74 Å². The molecular weight excluding hydrogens is 402 g/mol. The smallest absolute Gasteiger partial charge is 0.306 e. The lowest BCUT2D eigenvalue weighted by Crippen LogP contribution is -2.05. The van der Waals surface area contributed by atoms with Gasteiger partial charge in [0.1, 0.15) is 5.75 Å². The number of aryl methyl sites for hydroxylation is 1. The zero-order valence-electron chi connectivity index (χ0n) is 16.5. The van der Waals surface area contributed by atoms with E-state index in [0.29, 0.717) is 31.0 Å². The fourth-order valence-corrected chi connectivity index (χ4v) is 3.99. The zero-order valence-corrected chi connectivity index (χ0v) is 17.4. The molecule has 0 aliphatic heterocycles. The van der Waals surface area contributed by atoms with E-state index in [0.717, 1.165) is 27.2 Å². The predicted octanol–water partition coefficient (Wildman–Crippen LogP) is 4.81. The van der Waals surface area contributed by atoms with Gasteiger partial charge in [0, 0.05) is 6.42 Å². The second kappa shape index (κ2) is 9.49. The summed E-state index contributed by atoms with van der Waals surface area (Å²) in [5.74, 6) is 1.03. The van der Waals surface area contributed by atoms with E-state index in [1.165, 1.54) is 0 Å². The van der Waals surface area contributed by atoms with Crippen molar-refractivity contribution in [2.45, 2.75) is 32.8 Å². The number of esters is 1. The molecule has 4 rings (SSSR count). The number of fused-ring (bicyclic) bond motifs is 1. The first-order valence-electron chi connectivity index (χ1n) is 9.78. The van der Waals surface area contributed by atoms with Crippen LogP contribution in [0.4, 0.5) is 0 Å². The van der Waals surface area contributed by atoms with Crippen molar-refractivity contribution in [1.82, 2.24) is 15.1 Å². The Morgan fingerprint density at radius 3 is 2.80 bits per heavy atom. The molecule has 0 N–H and O–H groups in total. The first-order chi connectivity index (χ1) is 14.7. The molecule has 0 fully saturated rings. The Bertz CT molecular complexity index is 1110.